The van der Waals surface area contributed by atoms with Gasteiger partial charge in [0.1, 0.15) is 5.69 Å². The number of rotatable bonds is 3. The van der Waals surface area contributed by atoms with Crippen LogP contribution in [0.1, 0.15) is 24.3 Å². The number of nitrogens with two attached hydrogens (primary N) is 1. The van der Waals surface area contributed by atoms with Crippen molar-refractivity contribution in [1.29, 1.82) is 0 Å². The van der Waals surface area contributed by atoms with Gasteiger partial charge in [-0.2, -0.15) is 5.10 Å². The Balaban J connectivity index is 2.84. The summed E-state index contributed by atoms with van der Waals surface area (Å²) < 4.78 is 0. The van der Waals surface area contributed by atoms with Gasteiger partial charge in [-0.3, -0.25) is 9.89 Å². The van der Waals surface area contributed by atoms with E-state index in [0.717, 1.165) is 0 Å². The average Bonchev–Trinajstić information content (AvgIpc) is 2.53. The maximum atomic E-state index is 11.7. The predicted octanol–water partition coefficient (Wildman–Crippen LogP) is 0.474. The van der Waals surface area contributed by atoms with Gasteiger partial charge in [0.25, 0.3) is 5.91 Å². The number of amides is 1. The third-order valence-electron chi connectivity index (χ3n) is 1.93. The molecule has 72 valence electrons. The molecule has 0 saturated heterocycles. The van der Waals surface area contributed by atoms with Gasteiger partial charge in [-0.05, 0) is 13.8 Å². The van der Waals surface area contributed by atoms with Crippen molar-refractivity contribution >= 4 is 11.6 Å². The maximum absolute atomic E-state index is 11.7. The number of aromatic nitrogens is 2. The first-order valence-corrected chi connectivity index (χ1v) is 4.28. The van der Waals surface area contributed by atoms with Gasteiger partial charge >= 0.3 is 0 Å². The van der Waals surface area contributed by atoms with Crippen LogP contribution < -0.4 is 5.73 Å². The van der Waals surface area contributed by atoms with E-state index in [-0.39, 0.29) is 5.91 Å². The topological polar surface area (TPSA) is 75.0 Å². The molecule has 0 atom stereocenters. The summed E-state index contributed by atoms with van der Waals surface area (Å²) in [6, 6.07) is 0. The molecule has 0 aliphatic heterocycles. The first kappa shape index (κ1) is 9.57. The van der Waals surface area contributed by atoms with Crippen molar-refractivity contribution in [2.24, 2.45) is 0 Å². The zero-order chi connectivity index (χ0) is 9.84. The number of nitrogen functional groups attached to an aromatic ring is 1. The highest BCUT2D eigenvalue weighted by atomic mass is 16.2. The molecule has 1 amide bonds. The molecule has 0 aliphatic carbocycles. The van der Waals surface area contributed by atoms with Crippen molar-refractivity contribution in [3.63, 3.8) is 0 Å². The van der Waals surface area contributed by atoms with Crippen LogP contribution in [0.2, 0.25) is 0 Å². The fraction of sp³-hybridized carbons (Fsp3) is 0.500. The first-order chi connectivity index (χ1) is 6.20. The Morgan fingerprint density at radius 3 is 2.62 bits per heavy atom. The molecule has 0 unspecified atom stereocenters. The summed E-state index contributed by atoms with van der Waals surface area (Å²) in [5.41, 5.74) is 6.33. The minimum Gasteiger partial charge on any atom is -0.396 e. The molecule has 13 heavy (non-hydrogen) atoms. The van der Waals surface area contributed by atoms with Crippen LogP contribution in [-0.4, -0.2) is 34.1 Å². The second-order valence-electron chi connectivity index (χ2n) is 2.68. The Morgan fingerprint density at radius 1 is 1.62 bits per heavy atom. The Hall–Kier alpha value is -1.52. The number of hydrogen-bond donors (Lipinski definition) is 2. The van der Waals surface area contributed by atoms with Crippen molar-refractivity contribution < 1.29 is 4.79 Å². The van der Waals surface area contributed by atoms with E-state index in [4.69, 9.17) is 5.73 Å². The Bertz CT molecular complexity index is 290. The van der Waals surface area contributed by atoms with E-state index in [1.54, 1.807) is 4.90 Å². The largest absolute Gasteiger partial charge is 0.396 e. The monoisotopic (exact) mass is 182 g/mol. The molecule has 1 heterocycles. The lowest BCUT2D eigenvalue weighted by Gasteiger charge is -2.17. The zero-order valence-corrected chi connectivity index (χ0v) is 7.87. The SMILES string of the molecule is CCN(CC)C(=O)c1[nH]ncc1N. The van der Waals surface area contributed by atoms with Gasteiger partial charge in [-0.15, -0.1) is 0 Å². The summed E-state index contributed by atoms with van der Waals surface area (Å²) in [5.74, 6) is -0.0972. The van der Waals surface area contributed by atoms with Crippen LogP contribution >= 0.6 is 0 Å². The molecule has 0 bridgehead atoms. The van der Waals surface area contributed by atoms with Crippen molar-refractivity contribution in [2.45, 2.75) is 13.8 Å². The Kier molecular flexibility index (Phi) is 2.89. The summed E-state index contributed by atoms with van der Waals surface area (Å²) in [5, 5.41) is 6.28. The molecule has 5 nitrogen and oxygen atoms in total. The summed E-state index contributed by atoms with van der Waals surface area (Å²) >= 11 is 0. The van der Waals surface area contributed by atoms with Crippen LogP contribution in [-0.2, 0) is 0 Å². The average molecular weight is 182 g/mol. The second kappa shape index (κ2) is 3.93. The molecule has 1 aromatic rings. The van der Waals surface area contributed by atoms with Crippen LogP contribution in [0.25, 0.3) is 0 Å². The zero-order valence-electron chi connectivity index (χ0n) is 7.87. The summed E-state index contributed by atoms with van der Waals surface area (Å²) in [7, 11) is 0. The van der Waals surface area contributed by atoms with Gasteiger partial charge in [0.15, 0.2) is 0 Å². The van der Waals surface area contributed by atoms with Gasteiger partial charge in [0.2, 0.25) is 0 Å². The summed E-state index contributed by atoms with van der Waals surface area (Å²) in [6.07, 6.45) is 1.44. The normalized spacial score (nSPS) is 10.0. The van der Waals surface area contributed by atoms with Crippen LogP contribution in [0, 0.1) is 0 Å². The highest BCUT2D eigenvalue weighted by Crippen LogP contribution is 2.09. The lowest BCUT2D eigenvalue weighted by atomic mass is 10.3. The van der Waals surface area contributed by atoms with Gasteiger partial charge in [0.05, 0.1) is 11.9 Å². The molecule has 0 aliphatic rings. The molecule has 5 heteroatoms. The number of hydrogen-bond acceptors (Lipinski definition) is 3. The van der Waals surface area contributed by atoms with Crippen molar-refractivity contribution in [1.82, 2.24) is 15.1 Å². The molecule has 0 fully saturated rings. The Morgan fingerprint density at radius 2 is 2.23 bits per heavy atom. The van der Waals surface area contributed by atoms with E-state index >= 15 is 0 Å². The van der Waals surface area contributed by atoms with E-state index in [0.29, 0.717) is 24.5 Å². The fourth-order valence-corrected chi connectivity index (χ4v) is 1.14. The molecule has 1 aromatic heterocycles. The van der Waals surface area contributed by atoms with Crippen LogP contribution in [0.5, 0.6) is 0 Å². The second-order valence-corrected chi connectivity index (χ2v) is 2.68. The molecular weight excluding hydrogens is 168 g/mol. The molecule has 0 spiro atoms. The quantitative estimate of drug-likeness (QED) is 0.713. The maximum Gasteiger partial charge on any atom is 0.273 e. The molecular formula is C8H14N4O. The van der Waals surface area contributed by atoms with E-state index in [1.165, 1.54) is 6.20 Å². The smallest absolute Gasteiger partial charge is 0.273 e. The minimum absolute atomic E-state index is 0.0972. The third-order valence-corrected chi connectivity index (χ3v) is 1.93. The highest BCUT2D eigenvalue weighted by Gasteiger charge is 2.16. The minimum atomic E-state index is -0.0972. The first-order valence-electron chi connectivity index (χ1n) is 4.28. The molecule has 0 saturated carbocycles. The van der Waals surface area contributed by atoms with Gasteiger partial charge in [0, 0.05) is 13.1 Å². The van der Waals surface area contributed by atoms with Crippen LogP contribution in [0.4, 0.5) is 5.69 Å². The van der Waals surface area contributed by atoms with Gasteiger partial charge < -0.3 is 10.6 Å². The summed E-state index contributed by atoms with van der Waals surface area (Å²) in [4.78, 5) is 13.3. The number of nitrogens with one attached hydrogen (secondary N) is 1. The Labute approximate surface area is 76.9 Å². The van der Waals surface area contributed by atoms with Crippen molar-refractivity contribution in [2.75, 3.05) is 18.8 Å². The van der Waals surface area contributed by atoms with E-state index in [2.05, 4.69) is 10.2 Å². The van der Waals surface area contributed by atoms with E-state index in [1.807, 2.05) is 13.8 Å². The van der Waals surface area contributed by atoms with Gasteiger partial charge in [-0.1, -0.05) is 0 Å². The predicted molar refractivity (Wildman–Crippen MR) is 50.3 cm³/mol. The number of anilines is 1. The lowest BCUT2D eigenvalue weighted by Crippen LogP contribution is -2.31. The number of nitrogens with zero attached hydrogens (tertiary/aromatic N) is 2. The standard InChI is InChI=1S/C8H14N4O/c1-3-12(4-2)8(13)7-6(9)5-10-11-7/h5H,3-4,9H2,1-2H3,(H,10,11). The van der Waals surface area contributed by atoms with E-state index in [9.17, 15) is 4.79 Å². The molecule has 0 aromatic carbocycles. The molecule has 0 radical (unpaired) electrons. The van der Waals surface area contributed by atoms with Crippen molar-refractivity contribution in [3.8, 4) is 0 Å². The van der Waals surface area contributed by atoms with Gasteiger partial charge in [-0.25, -0.2) is 0 Å². The number of carbonyl (C=O) groups excluding carboxylic acids is 1. The van der Waals surface area contributed by atoms with E-state index < -0.39 is 0 Å². The van der Waals surface area contributed by atoms with Crippen LogP contribution in [0.15, 0.2) is 6.20 Å². The third kappa shape index (κ3) is 1.80. The molecule has 1 rings (SSSR count). The van der Waals surface area contributed by atoms with Crippen molar-refractivity contribution in [3.05, 3.63) is 11.9 Å². The highest BCUT2D eigenvalue weighted by molar-refractivity contribution is 5.96. The summed E-state index contributed by atoms with van der Waals surface area (Å²) in [6.45, 7) is 5.20. The number of carbonyl (C=O) groups is 1. The fourth-order valence-electron chi connectivity index (χ4n) is 1.14. The number of aromatic amines is 1. The van der Waals surface area contributed by atoms with Crippen LogP contribution in [0.3, 0.4) is 0 Å². The number of H-pyrrole nitrogens is 1. The lowest BCUT2D eigenvalue weighted by molar-refractivity contribution is 0.0768. The molecule has 3 N–H and O–H groups in total.